The summed E-state index contributed by atoms with van der Waals surface area (Å²) in [6.07, 6.45) is 0. The molecule has 7 heteroatoms. The second kappa shape index (κ2) is 7.05. The van der Waals surface area contributed by atoms with Gasteiger partial charge in [0, 0.05) is 11.2 Å². The van der Waals surface area contributed by atoms with Gasteiger partial charge in [0.25, 0.3) is 0 Å². The molecule has 2 aromatic rings. The maximum absolute atomic E-state index is 12.8. The molecule has 0 N–H and O–H groups in total. The number of hydrogen-bond donors (Lipinski definition) is 0. The van der Waals surface area contributed by atoms with Gasteiger partial charge in [0.1, 0.15) is 0 Å². The normalized spacial score (nSPS) is 13.1. The zero-order valence-electron chi connectivity index (χ0n) is 13.8. The quantitative estimate of drug-likeness (QED) is 0.539. The fraction of sp³-hybridized carbons (Fsp3) is 0.250. The molecule has 0 unspecified atom stereocenters. The molecule has 124 valence electrons. The molecule has 0 fully saturated rings. The number of hydrogen-bond acceptors (Lipinski definition) is 3. The number of rotatable bonds is 6. The zero-order valence-corrected chi connectivity index (χ0v) is 17.5. The molecule has 0 aromatic heterocycles. The van der Waals surface area contributed by atoms with Crippen LogP contribution in [-0.4, -0.2) is 16.6 Å². The lowest BCUT2D eigenvalue weighted by Gasteiger charge is -2.31. The lowest BCUT2D eigenvalue weighted by Crippen LogP contribution is -2.46. The first-order chi connectivity index (χ1) is 10.6. The predicted molar refractivity (Wildman–Crippen MR) is 103 cm³/mol. The molecule has 0 aliphatic heterocycles. The van der Waals surface area contributed by atoms with E-state index in [4.69, 9.17) is 19.7 Å². The van der Waals surface area contributed by atoms with Gasteiger partial charge in [-0.3, -0.25) is 0 Å². The number of halogens is 1. The van der Waals surface area contributed by atoms with Crippen LogP contribution in [0.5, 0.6) is 0 Å². The first-order valence-electron chi connectivity index (χ1n) is 7.45. The standard InChI is InChI=1S/C16H22ClO3PSi2/c1-22(2,15-11-7-5-8-12-15)19-21(17,18)20-23(3,4)16-13-9-6-10-14-16/h5-14H,1-4H3. The second-order valence-corrected chi connectivity index (χ2v) is 17.1. The Morgan fingerprint density at radius 2 is 1.04 bits per heavy atom. The van der Waals surface area contributed by atoms with E-state index in [0.29, 0.717) is 0 Å². The average molecular weight is 385 g/mol. The monoisotopic (exact) mass is 384 g/mol. The largest absolute Gasteiger partial charge is 0.405 e. The topological polar surface area (TPSA) is 35.5 Å². The van der Waals surface area contributed by atoms with Crippen molar-refractivity contribution >= 4 is 45.2 Å². The van der Waals surface area contributed by atoms with E-state index in [9.17, 15) is 4.57 Å². The van der Waals surface area contributed by atoms with Crippen molar-refractivity contribution in [2.75, 3.05) is 0 Å². The molecule has 0 bridgehead atoms. The molecular formula is C16H22ClO3PSi2. The van der Waals surface area contributed by atoms with Gasteiger partial charge in [-0.05, 0) is 36.6 Å². The third-order valence-electron chi connectivity index (χ3n) is 3.61. The van der Waals surface area contributed by atoms with Crippen LogP contribution in [0.3, 0.4) is 0 Å². The summed E-state index contributed by atoms with van der Waals surface area (Å²) < 4.78 is 24.5. The predicted octanol–water partition coefficient (Wildman–Crippen LogP) is 4.59. The smallest absolute Gasteiger partial charge is 0.335 e. The van der Waals surface area contributed by atoms with Gasteiger partial charge < -0.3 is 8.43 Å². The minimum Gasteiger partial charge on any atom is -0.335 e. The Morgan fingerprint density at radius 3 is 1.35 bits per heavy atom. The molecule has 3 nitrogen and oxygen atoms in total. The molecule has 23 heavy (non-hydrogen) atoms. The molecule has 0 aliphatic carbocycles. The Bertz CT molecular complexity index is 635. The van der Waals surface area contributed by atoms with Gasteiger partial charge in [0.2, 0.25) is 16.6 Å². The summed E-state index contributed by atoms with van der Waals surface area (Å²) in [5, 5.41) is 2.06. The van der Waals surface area contributed by atoms with Crippen LogP contribution in [-0.2, 0) is 13.0 Å². The van der Waals surface area contributed by atoms with E-state index in [-0.39, 0.29) is 0 Å². The Hall–Kier alpha value is -0.686. The molecule has 0 spiro atoms. The van der Waals surface area contributed by atoms with Crippen LogP contribution in [0.2, 0.25) is 26.2 Å². The second-order valence-electron chi connectivity index (χ2n) is 6.37. The van der Waals surface area contributed by atoms with E-state index >= 15 is 0 Å². The maximum atomic E-state index is 12.8. The third-order valence-corrected chi connectivity index (χ3v) is 13.7. The van der Waals surface area contributed by atoms with Gasteiger partial charge >= 0.3 is 6.95 Å². The SMILES string of the molecule is C[Si](C)(OP(=O)(Cl)O[Si](C)(C)c1ccccc1)c1ccccc1. The van der Waals surface area contributed by atoms with Crippen molar-refractivity contribution in [3.8, 4) is 0 Å². The maximum Gasteiger partial charge on any atom is 0.405 e. The third kappa shape index (κ3) is 5.14. The highest BCUT2D eigenvalue weighted by molar-refractivity contribution is 7.83. The fourth-order valence-electron chi connectivity index (χ4n) is 2.35. The van der Waals surface area contributed by atoms with Gasteiger partial charge in [0.15, 0.2) is 0 Å². The van der Waals surface area contributed by atoms with E-state index in [1.54, 1.807) is 0 Å². The fourth-order valence-corrected chi connectivity index (χ4v) is 13.1. The van der Waals surface area contributed by atoms with Crippen molar-refractivity contribution in [2.45, 2.75) is 26.2 Å². The van der Waals surface area contributed by atoms with Gasteiger partial charge in [-0.25, -0.2) is 4.57 Å². The van der Waals surface area contributed by atoms with Crippen molar-refractivity contribution in [3.63, 3.8) is 0 Å². The summed E-state index contributed by atoms with van der Waals surface area (Å²) in [5.74, 6) is 0. The van der Waals surface area contributed by atoms with Crippen molar-refractivity contribution in [1.29, 1.82) is 0 Å². The molecule has 0 amide bonds. The van der Waals surface area contributed by atoms with E-state index in [0.717, 1.165) is 10.4 Å². The van der Waals surface area contributed by atoms with E-state index in [1.807, 2.05) is 86.9 Å². The van der Waals surface area contributed by atoms with E-state index in [2.05, 4.69) is 0 Å². The van der Waals surface area contributed by atoms with Crippen LogP contribution in [0.25, 0.3) is 0 Å². The van der Waals surface area contributed by atoms with Crippen LogP contribution in [0, 0.1) is 0 Å². The van der Waals surface area contributed by atoms with Crippen LogP contribution >= 0.6 is 18.2 Å². The summed E-state index contributed by atoms with van der Waals surface area (Å²) in [5.41, 5.74) is 0. The average Bonchev–Trinajstić information content (AvgIpc) is 2.47. The van der Waals surface area contributed by atoms with Crippen LogP contribution in [0.1, 0.15) is 0 Å². The van der Waals surface area contributed by atoms with E-state index < -0.39 is 23.6 Å². The highest BCUT2D eigenvalue weighted by atomic mass is 35.7. The molecule has 0 aliphatic rings. The van der Waals surface area contributed by atoms with E-state index in [1.165, 1.54) is 0 Å². The minimum absolute atomic E-state index is 1.03. The first kappa shape index (κ1) is 18.6. The minimum atomic E-state index is -3.67. The van der Waals surface area contributed by atoms with Gasteiger partial charge in [-0.15, -0.1) is 0 Å². The van der Waals surface area contributed by atoms with Crippen molar-refractivity contribution in [3.05, 3.63) is 60.7 Å². The molecule has 0 radical (unpaired) electrons. The molecule has 2 rings (SSSR count). The molecule has 0 atom stereocenters. The van der Waals surface area contributed by atoms with Gasteiger partial charge in [-0.1, -0.05) is 60.7 Å². The van der Waals surface area contributed by atoms with Crippen LogP contribution in [0.15, 0.2) is 60.7 Å². The van der Waals surface area contributed by atoms with Crippen LogP contribution in [0.4, 0.5) is 0 Å². The summed E-state index contributed by atoms with van der Waals surface area (Å²) in [4.78, 5) is 0. The van der Waals surface area contributed by atoms with Crippen molar-refractivity contribution < 1.29 is 13.0 Å². The summed E-state index contributed by atoms with van der Waals surface area (Å²) >= 11 is 6.19. The van der Waals surface area contributed by atoms with Crippen molar-refractivity contribution in [1.82, 2.24) is 0 Å². The molecule has 2 aromatic carbocycles. The summed E-state index contributed by atoms with van der Waals surface area (Å²) in [6, 6.07) is 19.5. The van der Waals surface area contributed by atoms with Gasteiger partial charge in [0.05, 0.1) is 0 Å². The van der Waals surface area contributed by atoms with Crippen LogP contribution < -0.4 is 10.4 Å². The molecule has 0 saturated heterocycles. The Kier molecular flexibility index (Phi) is 5.72. The van der Waals surface area contributed by atoms with Crippen molar-refractivity contribution in [2.24, 2.45) is 0 Å². The van der Waals surface area contributed by atoms with Gasteiger partial charge in [-0.2, -0.15) is 0 Å². The summed E-state index contributed by atoms with van der Waals surface area (Å²) in [6.45, 7) is 4.21. The Balaban J connectivity index is 2.17. The Labute approximate surface area is 145 Å². The molecular weight excluding hydrogens is 363 g/mol. The Morgan fingerprint density at radius 1 is 0.739 bits per heavy atom. The first-order valence-corrected chi connectivity index (χ1v) is 15.7. The molecule has 0 heterocycles. The zero-order chi connectivity index (χ0) is 17.1. The lowest BCUT2D eigenvalue weighted by molar-refractivity contribution is 0.407. The summed E-state index contributed by atoms with van der Waals surface area (Å²) in [7, 11) is -4.83. The highest BCUT2D eigenvalue weighted by Crippen LogP contribution is 2.57. The highest BCUT2D eigenvalue weighted by Gasteiger charge is 2.40. The lowest BCUT2D eigenvalue weighted by atomic mass is 10.4. The molecule has 0 saturated carbocycles. The number of benzene rings is 2.